The third-order valence-corrected chi connectivity index (χ3v) is 3.25. The van der Waals surface area contributed by atoms with Crippen LogP contribution in [0, 0.1) is 0 Å². The minimum atomic E-state index is 0.556. The van der Waals surface area contributed by atoms with E-state index >= 15 is 0 Å². The molecule has 4 nitrogen and oxygen atoms in total. The average Bonchev–Trinajstić information content (AvgIpc) is 2.93. The first-order valence-corrected chi connectivity index (χ1v) is 6.30. The summed E-state index contributed by atoms with van der Waals surface area (Å²) in [4.78, 5) is 3.96. The molecular weight excluding hydrogens is 226 g/mol. The number of hydrogen-bond donors (Lipinski definition) is 0. The zero-order valence-corrected chi connectivity index (χ0v) is 10.9. The topological polar surface area (TPSA) is 39.9 Å². The molecule has 0 aliphatic carbocycles. The highest BCUT2D eigenvalue weighted by Crippen LogP contribution is 2.25. The van der Waals surface area contributed by atoms with Crippen LogP contribution in [0.2, 0.25) is 0 Å². The number of ether oxygens (including phenoxy) is 1. The Kier molecular flexibility index (Phi) is 4.34. The molecule has 1 atom stereocenters. The molecule has 1 aromatic carbocycles. The van der Waals surface area contributed by atoms with Gasteiger partial charge in [-0.25, -0.2) is 4.98 Å². The van der Waals surface area contributed by atoms with Crippen LogP contribution in [0.3, 0.4) is 0 Å². The Labute approximate surface area is 108 Å². The number of nitrogens with zero attached hydrogens (tertiary/aromatic N) is 3. The van der Waals surface area contributed by atoms with Crippen LogP contribution in [0.4, 0.5) is 0 Å². The maximum absolute atomic E-state index is 5.18. The molecule has 4 heteroatoms. The summed E-state index contributed by atoms with van der Waals surface area (Å²) in [5.41, 5.74) is 1.36. The minimum Gasteiger partial charge on any atom is -0.497 e. The molecule has 0 fully saturated rings. The first-order valence-electron chi connectivity index (χ1n) is 6.30. The van der Waals surface area contributed by atoms with Gasteiger partial charge in [0.05, 0.1) is 7.11 Å². The van der Waals surface area contributed by atoms with E-state index in [1.807, 2.05) is 16.8 Å². The van der Waals surface area contributed by atoms with Crippen molar-refractivity contribution in [1.82, 2.24) is 14.8 Å². The van der Waals surface area contributed by atoms with Crippen molar-refractivity contribution in [3.05, 3.63) is 42.5 Å². The van der Waals surface area contributed by atoms with Gasteiger partial charge >= 0.3 is 0 Å². The Morgan fingerprint density at radius 3 is 2.61 bits per heavy atom. The summed E-state index contributed by atoms with van der Waals surface area (Å²) in [6.07, 6.45) is 5.54. The Hall–Kier alpha value is -1.84. The molecular formula is C14H19N3O. The Morgan fingerprint density at radius 2 is 2.06 bits per heavy atom. The molecule has 0 amide bonds. The second-order valence-corrected chi connectivity index (χ2v) is 4.33. The lowest BCUT2D eigenvalue weighted by Gasteiger charge is -2.15. The molecule has 0 radical (unpaired) electrons. The quantitative estimate of drug-likeness (QED) is 0.785. The fraction of sp³-hybridized carbons (Fsp3) is 0.429. The van der Waals surface area contributed by atoms with Crippen molar-refractivity contribution in [1.29, 1.82) is 0 Å². The SMILES string of the molecule is CC[C@@H](CCn1cncn1)c1ccc(OC)cc1. The molecule has 0 saturated heterocycles. The Bertz CT molecular complexity index is 450. The highest BCUT2D eigenvalue weighted by atomic mass is 16.5. The number of aromatic nitrogens is 3. The molecule has 0 N–H and O–H groups in total. The maximum atomic E-state index is 5.18. The third-order valence-electron chi connectivity index (χ3n) is 3.25. The second-order valence-electron chi connectivity index (χ2n) is 4.33. The first-order chi connectivity index (χ1) is 8.83. The largest absolute Gasteiger partial charge is 0.497 e. The maximum Gasteiger partial charge on any atom is 0.137 e. The number of methoxy groups -OCH3 is 1. The lowest BCUT2D eigenvalue weighted by molar-refractivity contribution is 0.414. The van der Waals surface area contributed by atoms with Crippen molar-refractivity contribution >= 4 is 0 Å². The Balaban J connectivity index is 1.98. The fourth-order valence-electron chi connectivity index (χ4n) is 2.12. The summed E-state index contributed by atoms with van der Waals surface area (Å²) < 4.78 is 7.06. The van der Waals surface area contributed by atoms with Gasteiger partial charge in [0.25, 0.3) is 0 Å². The fourth-order valence-corrected chi connectivity index (χ4v) is 2.12. The number of rotatable bonds is 6. The summed E-state index contributed by atoms with van der Waals surface area (Å²) >= 11 is 0. The Morgan fingerprint density at radius 1 is 1.28 bits per heavy atom. The van der Waals surface area contributed by atoms with E-state index in [9.17, 15) is 0 Å². The van der Waals surface area contributed by atoms with Gasteiger partial charge in [0.1, 0.15) is 18.4 Å². The summed E-state index contributed by atoms with van der Waals surface area (Å²) in [6, 6.07) is 8.34. The molecule has 0 aliphatic rings. The van der Waals surface area contributed by atoms with Crippen molar-refractivity contribution in [3.8, 4) is 5.75 Å². The molecule has 0 unspecified atom stereocenters. The van der Waals surface area contributed by atoms with Crippen LogP contribution in [0.1, 0.15) is 31.2 Å². The highest BCUT2D eigenvalue weighted by molar-refractivity contribution is 5.29. The lowest BCUT2D eigenvalue weighted by Crippen LogP contribution is -2.05. The molecule has 96 valence electrons. The predicted octanol–water partition coefficient (Wildman–Crippen LogP) is 2.87. The van der Waals surface area contributed by atoms with E-state index in [1.165, 1.54) is 5.56 Å². The standard InChI is InChI=1S/C14H19N3O/c1-3-12(8-9-17-11-15-10-16-17)13-4-6-14(18-2)7-5-13/h4-7,10-12H,3,8-9H2,1-2H3/t12-/m0/s1. The van der Waals surface area contributed by atoms with E-state index in [4.69, 9.17) is 4.74 Å². The summed E-state index contributed by atoms with van der Waals surface area (Å²) in [5, 5.41) is 4.13. The summed E-state index contributed by atoms with van der Waals surface area (Å²) in [5.74, 6) is 1.46. The van der Waals surface area contributed by atoms with Gasteiger partial charge in [0.15, 0.2) is 0 Å². The van der Waals surface area contributed by atoms with Gasteiger partial charge < -0.3 is 4.74 Å². The van der Waals surface area contributed by atoms with Crippen molar-refractivity contribution in [2.24, 2.45) is 0 Å². The predicted molar refractivity (Wildman–Crippen MR) is 70.7 cm³/mol. The van der Waals surface area contributed by atoms with Crippen LogP contribution in [0.5, 0.6) is 5.75 Å². The van der Waals surface area contributed by atoms with E-state index in [2.05, 4.69) is 29.1 Å². The van der Waals surface area contributed by atoms with E-state index in [0.29, 0.717) is 5.92 Å². The van der Waals surface area contributed by atoms with Crippen molar-refractivity contribution in [2.75, 3.05) is 7.11 Å². The smallest absolute Gasteiger partial charge is 0.137 e. The van der Waals surface area contributed by atoms with Gasteiger partial charge in [-0.1, -0.05) is 19.1 Å². The van der Waals surface area contributed by atoms with E-state index in [1.54, 1.807) is 19.8 Å². The second kappa shape index (κ2) is 6.19. The molecule has 0 spiro atoms. The monoisotopic (exact) mass is 245 g/mol. The molecule has 0 saturated carbocycles. The van der Waals surface area contributed by atoms with Crippen LogP contribution < -0.4 is 4.74 Å². The van der Waals surface area contributed by atoms with Gasteiger partial charge in [-0.05, 0) is 36.5 Å². The molecule has 18 heavy (non-hydrogen) atoms. The number of aryl methyl sites for hydroxylation is 1. The number of benzene rings is 1. The summed E-state index contributed by atoms with van der Waals surface area (Å²) in [6.45, 7) is 3.13. The van der Waals surface area contributed by atoms with Crippen LogP contribution in [-0.4, -0.2) is 21.9 Å². The zero-order chi connectivity index (χ0) is 12.8. The highest BCUT2D eigenvalue weighted by Gasteiger charge is 2.09. The first kappa shape index (κ1) is 12.6. The van der Waals surface area contributed by atoms with Crippen LogP contribution in [0.25, 0.3) is 0 Å². The van der Waals surface area contributed by atoms with Gasteiger partial charge in [-0.2, -0.15) is 5.10 Å². The van der Waals surface area contributed by atoms with Gasteiger partial charge in [-0.15, -0.1) is 0 Å². The summed E-state index contributed by atoms with van der Waals surface area (Å²) in [7, 11) is 1.69. The molecule has 2 rings (SSSR count). The van der Waals surface area contributed by atoms with Crippen LogP contribution in [-0.2, 0) is 6.54 Å². The molecule has 2 aromatic rings. The van der Waals surface area contributed by atoms with E-state index in [0.717, 1.165) is 25.1 Å². The van der Waals surface area contributed by atoms with Crippen LogP contribution in [0.15, 0.2) is 36.9 Å². The van der Waals surface area contributed by atoms with Gasteiger partial charge in [0.2, 0.25) is 0 Å². The van der Waals surface area contributed by atoms with Crippen molar-refractivity contribution in [3.63, 3.8) is 0 Å². The van der Waals surface area contributed by atoms with Crippen LogP contribution >= 0.6 is 0 Å². The molecule has 0 aliphatic heterocycles. The average molecular weight is 245 g/mol. The normalized spacial score (nSPS) is 12.3. The van der Waals surface area contributed by atoms with E-state index in [-0.39, 0.29) is 0 Å². The molecule has 1 aromatic heterocycles. The number of hydrogen-bond acceptors (Lipinski definition) is 3. The molecule has 1 heterocycles. The van der Waals surface area contributed by atoms with Crippen molar-refractivity contribution in [2.45, 2.75) is 32.2 Å². The van der Waals surface area contributed by atoms with E-state index < -0.39 is 0 Å². The minimum absolute atomic E-state index is 0.556. The van der Waals surface area contributed by atoms with Gasteiger partial charge in [0, 0.05) is 6.54 Å². The zero-order valence-electron chi connectivity index (χ0n) is 10.9. The molecule has 0 bridgehead atoms. The third kappa shape index (κ3) is 3.09. The van der Waals surface area contributed by atoms with Crippen molar-refractivity contribution < 1.29 is 4.74 Å². The van der Waals surface area contributed by atoms with Gasteiger partial charge in [-0.3, -0.25) is 4.68 Å². The lowest BCUT2D eigenvalue weighted by atomic mass is 9.93.